The van der Waals surface area contributed by atoms with Gasteiger partial charge >= 0.3 is 5.97 Å². The van der Waals surface area contributed by atoms with Gasteiger partial charge in [0.15, 0.2) is 5.84 Å². The Bertz CT molecular complexity index is 561. The number of esters is 1. The van der Waals surface area contributed by atoms with Crippen molar-refractivity contribution in [1.29, 1.82) is 5.41 Å². The maximum absolute atomic E-state index is 12.5. The van der Waals surface area contributed by atoms with E-state index in [0.717, 1.165) is 0 Å². The zero-order valence-corrected chi connectivity index (χ0v) is 13.1. The maximum atomic E-state index is 12.5. The highest BCUT2D eigenvalue weighted by molar-refractivity contribution is 6.38. The van der Waals surface area contributed by atoms with Crippen LogP contribution in [-0.4, -0.2) is 60.6 Å². The summed E-state index contributed by atoms with van der Waals surface area (Å²) in [5, 5.41) is 9.32. The van der Waals surface area contributed by atoms with E-state index >= 15 is 0 Å². The Morgan fingerprint density at radius 3 is 2.83 bits per heavy atom. The highest BCUT2D eigenvalue weighted by Gasteiger charge is 2.60. The predicted molar refractivity (Wildman–Crippen MR) is 81.7 cm³/mol. The quantitative estimate of drug-likeness (QED) is 0.341. The van der Waals surface area contributed by atoms with Crippen molar-refractivity contribution in [2.24, 2.45) is 22.6 Å². The second kappa shape index (κ2) is 6.76. The number of aliphatic imine (C=N–C) groups is 1. The van der Waals surface area contributed by atoms with Gasteiger partial charge in [0.2, 0.25) is 5.91 Å². The fourth-order valence-electron chi connectivity index (χ4n) is 3.16. The Labute approximate surface area is 133 Å². The standard InChI is InChI=1S/C14H21N5O4/c1-3-23-14(22)9-7-4-5-8(13(21)19(2)10(7)9)18-12(20)11(16)17-6-15/h6-10H,3-5H2,1-2H3,(H,18,20)(H3,15,16,17)/t7-,8+,9+,10?/m1/s1. The average Bonchev–Trinajstić information content (AvgIpc) is 3.25. The van der Waals surface area contributed by atoms with E-state index < -0.39 is 11.9 Å². The number of likely N-dealkylation sites (N-methyl/N-ethyl adjacent to an activating group) is 1. The molecule has 1 saturated carbocycles. The second-order valence-corrected chi connectivity index (χ2v) is 5.63. The van der Waals surface area contributed by atoms with Crippen LogP contribution in [0.25, 0.3) is 0 Å². The molecular formula is C14H21N5O4. The molecule has 0 aromatic rings. The lowest BCUT2D eigenvalue weighted by Gasteiger charge is -2.23. The molecule has 1 aliphatic carbocycles. The molecular weight excluding hydrogens is 302 g/mol. The molecule has 126 valence electrons. The van der Waals surface area contributed by atoms with Gasteiger partial charge in [-0.2, -0.15) is 0 Å². The minimum absolute atomic E-state index is 0.0671. The van der Waals surface area contributed by atoms with Crippen LogP contribution in [0.4, 0.5) is 0 Å². The summed E-state index contributed by atoms with van der Waals surface area (Å²) < 4.78 is 5.03. The van der Waals surface area contributed by atoms with E-state index in [2.05, 4.69) is 10.3 Å². The molecule has 9 heteroatoms. The first-order chi connectivity index (χ1) is 10.9. The number of hydrogen-bond acceptors (Lipinski definition) is 5. The van der Waals surface area contributed by atoms with E-state index in [1.807, 2.05) is 0 Å². The Morgan fingerprint density at radius 2 is 2.22 bits per heavy atom. The maximum Gasteiger partial charge on any atom is 0.311 e. The van der Waals surface area contributed by atoms with Crippen LogP contribution in [0.3, 0.4) is 0 Å². The number of fused-ring (bicyclic) bond motifs is 1. The Morgan fingerprint density at radius 1 is 1.52 bits per heavy atom. The fourth-order valence-corrected chi connectivity index (χ4v) is 3.16. The van der Waals surface area contributed by atoms with Crippen LogP contribution in [0, 0.1) is 17.2 Å². The van der Waals surface area contributed by atoms with Gasteiger partial charge in [-0.1, -0.05) is 0 Å². The van der Waals surface area contributed by atoms with Crippen molar-refractivity contribution in [2.45, 2.75) is 31.8 Å². The summed E-state index contributed by atoms with van der Waals surface area (Å²) in [4.78, 5) is 41.0. The fraction of sp³-hybridized carbons (Fsp3) is 0.643. The first-order valence-electron chi connectivity index (χ1n) is 7.48. The topological polar surface area (TPSA) is 138 Å². The molecule has 2 fully saturated rings. The Kier molecular flexibility index (Phi) is 4.97. The van der Waals surface area contributed by atoms with Gasteiger partial charge in [0.25, 0.3) is 5.91 Å². The van der Waals surface area contributed by atoms with Gasteiger partial charge in [0, 0.05) is 13.1 Å². The highest BCUT2D eigenvalue weighted by Crippen LogP contribution is 2.48. The lowest BCUT2D eigenvalue weighted by atomic mass is 10.1. The van der Waals surface area contributed by atoms with Crippen molar-refractivity contribution in [1.82, 2.24) is 10.2 Å². The first kappa shape index (κ1) is 16.9. The molecule has 0 bridgehead atoms. The molecule has 1 saturated heterocycles. The lowest BCUT2D eigenvalue weighted by molar-refractivity contribution is -0.146. The second-order valence-electron chi connectivity index (χ2n) is 5.63. The SMILES string of the molecule is CCOC(=O)[C@@H]1C2[C@@H]1CC[C@H](NC(=O)C(N)=NC=N)C(=O)N2C. The van der Waals surface area contributed by atoms with Gasteiger partial charge in [0.05, 0.1) is 12.5 Å². The number of likely N-dealkylation sites (tertiary alicyclic amines) is 1. The Balaban J connectivity index is 2.01. The van der Waals surface area contributed by atoms with Crippen LogP contribution < -0.4 is 11.1 Å². The molecule has 23 heavy (non-hydrogen) atoms. The van der Waals surface area contributed by atoms with Gasteiger partial charge in [-0.05, 0) is 25.7 Å². The van der Waals surface area contributed by atoms with E-state index in [1.54, 1.807) is 14.0 Å². The van der Waals surface area contributed by atoms with Crippen LogP contribution in [-0.2, 0) is 19.1 Å². The molecule has 2 amide bonds. The van der Waals surface area contributed by atoms with Gasteiger partial charge in [-0.15, -0.1) is 0 Å². The van der Waals surface area contributed by atoms with Gasteiger partial charge in [-0.3, -0.25) is 19.8 Å². The van der Waals surface area contributed by atoms with Gasteiger partial charge in [-0.25, -0.2) is 4.99 Å². The third kappa shape index (κ3) is 3.33. The third-order valence-corrected chi connectivity index (χ3v) is 4.31. The number of rotatable bonds is 4. The predicted octanol–water partition coefficient (Wildman–Crippen LogP) is -1.13. The van der Waals surface area contributed by atoms with Crippen molar-refractivity contribution < 1.29 is 19.1 Å². The summed E-state index contributed by atoms with van der Waals surface area (Å²) >= 11 is 0. The summed E-state index contributed by atoms with van der Waals surface area (Å²) in [5.74, 6) is -1.79. The van der Waals surface area contributed by atoms with E-state index in [9.17, 15) is 14.4 Å². The van der Waals surface area contributed by atoms with Gasteiger partial charge < -0.3 is 20.7 Å². The van der Waals surface area contributed by atoms with Gasteiger partial charge in [0.1, 0.15) is 12.4 Å². The molecule has 4 N–H and O–H groups in total. The molecule has 4 atom stereocenters. The van der Waals surface area contributed by atoms with Crippen molar-refractivity contribution in [2.75, 3.05) is 13.7 Å². The molecule has 0 aromatic carbocycles. The zero-order valence-electron chi connectivity index (χ0n) is 13.1. The van der Waals surface area contributed by atoms with E-state index in [0.29, 0.717) is 25.8 Å². The van der Waals surface area contributed by atoms with Crippen molar-refractivity contribution in [3.63, 3.8) is 0 Å². The summed E-state index contributed by atoms with van der Waals surface area (Å²) in [7, 11) is 1.62. The summed E-state index contributed by atoms with van der Waals surface area (Å²) in [6, 6.07) is -0.876. The molecule has 0 radical (unpaired) electrons. The number of hydrogen-bond donors (Lipinski definition) is 3. The molecule has 1 heterocycles. The summed E-state index contributed by atoms with van der Waals surface area (Å²) in [6.07, 6.45) is 1.72. The van der Waals surface area contributed by atoms with E-state index in [4.69, 9.17) is 15.9 Å². The lowest BCUT2D eigenvalue weighted by Crippen LogP contribution is -2.50. The van der Waals surface area contributed by atoms with Crippen LogP contribution in [0.1, 0.15) is 19.8 Å². The number of nitrogens with one attached hydrogen (secondary N) is 2. The summed E-state index contributed by atoms with van der Waals surface area (Å²) in [5.41, 5.74) is 5.40. The number of ether oxygens (including phenoxy) is 1. The largest absolute Gasteiger partial charge is 0.466 e. The number of amidine groups is 1. The minimum Gasteiger partial charge on any atom is -0.466 e. The number of nitrogens with two attached hydrogens (primary N) is 1. The highest BCUT2D eigenvalue weighted by atomic mass is 16.5. The molecule has 0 aromatic heterocycles. The average molecular weight is 323 g/mol. The number of amides is 2. The smallest absolute Gasteiger partial charge is 0.311 e. The van der Waals surface area contributed by atoms with Crippen LogP contribution in [0.15, 0.2) is 4.99 Å². The summed E-state index contributed by atoms with van der Waals surface area (Å²) in [6.45, 7) is 2.06. The van der Waals surface area contributed by atoms with Crippen LogP contribution in [0.2, 0.25) is 0 Å². The molecule has 2 rings (SSSR count). The first-order valence-corrected chi connectivity index (χ1v) is 7.48. The van der Waals surface area contributed by atoms with Crippen molar-refractivity contribution in [3.8, 4) is 0 Å². The number of nitrogens with zero attached hydrogens (tertiary/aromatic N) is 2. The van der Waals surface area contributed by atoms with E-state index in [1.165, 1.54) is 4.90 Å². The normalized spacial score (nSPS) is 30.1. The molecule has 2 aliphatic rings. The molecule has 1 unspecified atom stereocenters. The number of carbonyl (C=O) groups excluding carboxylic acids is 3. The van der Waals surface area contributed by atoms with Crippen LogP contribution in [0.5, 0.6) is 0 Å². The molecule has 0 spiro atoms. The molecule has 1 aliphatic heterocycles. The van der Waals surface area contributed by atoms with Crippen molar-refractivity contribution in [3.05, 3.63) is 0 Å². The van der Waals surface area contributed by atoms with E-state index in [-0.39, 0.29) is 35.6 Å². The number of carbonyl (C=O) groups is 3. The zero-order chi connectivity index (χ0) is 17.1. The third-order valence-electron chi connectivity index (χ3n) is 4.31. The molecule has 9 nitrogen and oxygen atoms in total. The van der Waals surface area contributed by atoms with Crippen LogP contribution >= 0.6 is 0 Å². The van der Waals surface area contributed by atoms with Crippen molar-refractivity contribution >= 4 is 30.0 Å². The Hall–Kier alpha value is -2.45. The monoisotopic (exact) mass is 323 g/mol. The minimum atomic E-state index is -0.706.